The molecule has 0 saturated carbocycles. The van der Waals surface area contributed by atoms with Gasteiger partial charge in [-0.2, -0.15) is 0 Å². The molecule has 0 radical (unpaired) electrons. The first-order valence-electron chi connectivity index (χ1n) is 13.5. The Labute approximate surface area is 234 Å². The number of nitrogens with two attached hydrogens (primary N) is 2. The maximum Gasteiger partial charge on any atom is 0.248 e. The van der Waals surface area contributed by atoms with Crippen LogP contribution >= 0.6 is 0 Å². The van der Waals surface area contributed by atoms with Gasteiger partial charge in [-0.1, -0.05) is 57.2 Å². The number of aryl methyl sites for hydroxylation is 1. The van der Waals surface area contributed by atoms with Gasteiger partial charge in [-0.25, -0.2) is 4.68 Å². The number of hydrogen-bond donors (Lipinski definition) is 4. The molecule has 1 aliphatic rings. The SMILES string of the molecule is CC.CC(NC=O)c1ccc(/C(N)=C/C=C\N)cc1.CO.Cc1cn(C(C(=O)N2CCCC2C)C(C)C)nn1. The van der Waals surface area contributed by atoms with Crippen LogP contribution in [-0.2, 0) is 9.59 Å². The van der Waals surface area contributed by atoms with Gasteiger partial charge in [0, 0.05) is 31.6 Å². The molecule has 2 heterocycles. The highest BCUT2D eigenvalue weighted by molar-refractivity contribution is 5.81. The number of carbonyl (C=O) groups is 2. The average Bonchev–Trinajstić information content (AvgIpc) is 3.57. The maximum absolute atomic E-state index is 12.6. The number of hydrogen-bond acceptors (Lipinski definition) is 7. The van der Waals surface area contributed by atoms with E-state index in [0.717, 1.165) is 43.3 Å². The smallest absolute Gasteiger partial charge is 0.248 e. The number of carbonyl (C=O) groups excluding carboxylic acids is 2. The summed E-state index contributed by atoms with van der Waals surface area (Å²) in [5.74, 6) is 0.395. The zero-order valence-electron chi connectivity index (χ0n) is 24.8. The van der Waals surface area contributed by atoms with Gasteiger partial charge in [0.2, 0.25) is 12.3 Å². The van der Waals surface area contributed by atoms with Crippen LogP contribution in [0.25, 0.3) is 5.70 Å². The highest BCUT2D eigenvalue weighted by Gasteiger charge is 2.34. The Bertz CT molecular complexity index is 1020. The predicted octanol–water partition coefficient (Wildman–Crippen LogP) is 3.69. The Morgan fingerprint density at radius 3 is 2.23 bits per heavy atom. The van der Waals surface area contributed by atoms with Crippen LogP contribution in [0, 0.1) is 12.8 Å². The second-order valence-corrected chi connectivity index (χ2v) is 9.19. The minimum Gasteiger partial charge on any atom is -0.405 e. The van der Waals surface area contributed by atoms with E-state index < -0.39 is 0 Å². The quantitative estimate of drug-likeness (QED) is 0.293. The molecule has 2 aromatic rings. The summed E-state index contributed by atoms with van der Waals surface area (Å²) in [7, 11) is 1.00. The van der Waals surface area contributed by atoms with E-state index in [4.69, 9.17) is 16.6 Å². The molecule has 3 rings (SSSR count). The molecule has 10 heteroatoms. The Morgan fingerprint density at radius 1 is 1.18 bits per heavy atom. The van der Waals surface area contributed by atoms with E-state index >= 15 is 0 Å². The van der Waals surface area contributed by atoms with Gasteiger partial charge in [0.25, 0.3) is 0 Å². The number of allylic oxidation sites excluding steroid dienone is 2. The summed E-state index contributed by atoms with van der Waals surface area (Å²) in [5.41, 5.74) is 14.5. The average molecular weight is 544 g/mol. The predicted molar refractivity (Wildman–Crippen MR) is 158 cm³/mol. The van der Waals surface area contributed by atoms with Crippen molar-refractivity contribution in [3.63, 3.8) is 0 Å². The number of nitrogens with zero attached hydrogens (tertiary/aromatic N) is 4. The Kier molecular flexibility index (Phi) is 17.6. The van der Waals surface area contributed by atoms with E-state index in [-0.39, 0.29) is 23.9 Å². The molecule has 1 aromatic heterocycles. The van der Waals surface area contributed by atoms with E-state index in [1.54, 1.807) is 16.8 Å². The van der Waals surface area contributed by atoms with Crippen LogP contribution in [0.1, 0.15) is 83.3 Å². The number of aromatic nitrogens is 3. The van der Waals surface area contributed by atoms with Crippen molar-refractivity contribution in [1.82, 2.24) is 25.2 Å². The molecule has 1 saturated heterocycles. The number of amides is 2. The highest BCUT2D eigenvalue weighted by Crippen LogP contribution is 2.25. The Balaban J connectivity index is 0.000000658. The zero-order chi connectivity index (χ0) is 30.0. The number of aliphatic hydroxyl groups excluding tert-OH is 1. The monoisotopic (exact) mass is 543 g/mol. The molecule has 10 nitrogen and oxygen atoms in total. The van der Waals surface area contributed by atoms with Gasteiger partial charge in [0.05, 0.1) is 11.7 Å². The summed E-state index contributed by atoms with van der Waals surface area (Å²) in [5, 5.41) is 17.8. The minimum absolute atomic E-state index is 0.00399. The molecular weight excluding hydrogens is 494 g/mol. The van der Waals surface area contributed by atoms with E-state index in [1.807, 2.05) is 63.1 Å². The van der Waals surface area contributed by atoms with Gasteiger partial charge in [-0.3, -0.25) is 9.59 Å². The fourth-order valence-electron chi connectivity index (χ4n) is 4.05. The molecule has 1 aliphatic heterocycles. The lowest BCUT2D eigenvalue weighted by atomic mass is 10.0. The van der Waals surface area contributed by atoms with Crippen molar-refractivity contribution in [2.45, 2.75) is 79.4 Å². The van der Waals surface area contributed by atoms with Crippen molar-refractivity contribution in [2.75, 3.05) is 13.7 Å². The molecule has 6 N–H and O–H groups in total. The molecule has 1 fully saturated rings. The molecule has 0 aliphatic carbocycles. The highest BCUT2D eigenvalue weighted by atomic mass is 16.2. The number of nitrogens with one attached hydrogen (secondary N) is 1. The normalized spacial score (nSPS) is 16.2. The second kappa shape index (κ2) is 19.4. The summed E-state index contributed by atoms with van der Waals surface area (Å²) in [4.78, 5) is 25.0. The third-order valence-corrected chi connectivity index (χ3v) is 6.08. The zero-order valence-corrected chi connectivity index (χ0v) is 24.8. The summed E-state index contributed by atoms with van der Waals surface area (Å²) >= 11 is 0. The van der Waals surface area contributed by atoms with Crippen molar-refractivity contribution in [3.05, 3.63) is 65.6 Å². The van der Waals surface area contributed by atoms with E-state index in [9.17, 15) is 9.59 Å². The van der Waals surface area contributed by atoms with E-state index in [2.05, 4.69) is 36.4 Å². The number of aliphatic hydroxyl groups is 1. The third-order valence-electron chi connectivity index (χ3n) is 6.08. The van der Waals surface area contributed by atoms with Gasteiger partial charge in [0.15, 0.2) is 0 Å². The Morgan fingerprint density at radius 2 is 1.79 bits per heavy atom. The first-order valence-corrected chi connectivity index (χ1v) is 13.5. The van der Waals surface area contributed by atoms with Crippen molar-refractivity contribution < 1.29 is 14.7 Å². The molecule has 1 aromatic carbocycles. The number of likely N-dealkylation sites (tertiary alicyclic amines) is 1. The summed E-state index contributed by atoms with van der Waals surface area (Å²) in [6.45, 7) is 14.9. The molecule has 0 bridgehead atoms. The fraction of sp³-hybridized carbons (Fsp3) is 0.517. The minimum atomic E-state index is -0.230. The van der Waals surface area contributed by atoms with Crippen LogP contribution in [-0.4, -0.2) is 57.0 Å². The number of benzene rings is 1. The third kappa shape index (κ3) is 11.3. The van der Waals surface area contributed by atoms with Crippen molar-refractivity contribution >= 4 is 18.0 Å². The molecule has 3 unspecified atom stereocenters. The Hall–Kier alpha value is -3.66. The van der Waals surface area contributed by atoms with Crippen LogP contribution in [0.2, 0.25) is 0 Å². The molecule has 0 spiro atoms. The van der Waals surface area contributed by atoms with Gasteiger partial charge < -0.3 is 26.8 Å². The van der Waals surface area contributed by atoms with Crippen molar-refractivity contribution in [1.29, 1.82) is 0 Å². The largest absolute Gasteiger partial charge is 0.405 e. The molecular formula is C29H49N7O3. The number of rotatable bonds is 8. The second-order valence-electron chi connectivity index (χ2n) is 9.19. The lowest BCUT2D eigenvalue weighted by Crippen LogP contribution is -2.41. The lowest BCUT2D eigenvalue weighted by molar-refractivity contribution is -0.137. The summed E-state index contributed by atoms with van der Waals surface area (Å²) in [6.07, 6.45) is 9.60. The fourth-order valence-corrected chi connectivity index (χ4v) is 4.05. The summed E-state index contributed by atoms with van der Waals surface area (Å²) < 4.78 is 1.72. The van der Waals surface area contributed by atoms with Crippen LogP contribution < -0.4 is 16.8 Å². The van der Waals surface area contributed by atoms with Gasteiger partial charge in [0.1, 0.15) is 6.04 Å². The van der Waals surface area contributed by atoms with Crippen LogP contribution in [0.4, 0.5) is 0 Å². The topological polar surface area (TPSA) is 152 Å². The summed E-state index contributed by atoms with van der Waals surface area (Å²) in [6, 6.07) is 7.81. The van der Waals surface area contributed by atoms with Crippen LogP contribution in [0.3, 0.4) is 0 Å². The van der Waals surface area contributed by atoms with Gasteiger partial charge >= 0.3 is 0 Å². The standard InChI is InChI=1S/C13H22N4O.C13H17N3O.C2H6.CH4O/c1-9(2)12(17-8-10(3)14-15-17)13(18)16-7-5-6-11(16)4;1-10(16-9-17)11-4-6-12(7-5-11)13(15)3-2-8-14;2*1-2/h8-9,11-12H,5-7H2,1-4H3;2-10H,14-15H2,1H3,(H,16,17);1-2H3;2H,1H3/b;8-2-,13-3-;;. The molecule has 2 amide bonds. The van der Waals surface area contributed by atoms with Crippen molar-refractivity contribution in [2.24, 2.45) is 17.4 Å². The van der Waals surface area contributed by atoms with Gasteiger partial charge in [-0.05, 0) is 69.0 Å². The van der Waals surface area contributed by atoms with E-state index in [1.165, 1.54) is 6.20 Å². The molecule has 3 atom stereocenters. The van der Waals surface area contributed by atoms with E-state index in [0.29, 0.717) is 18.1 Å². The van der Waals surface area contributed by atoms with Crippen LogP contribution in [0.15, 0.2) is 48.8 Å². The maximum atomic E-state index is 12.6. The molecule has 218 valence electrons. The first kappa shape index (κ1) is 35.3. The van der Waals surface area contributed by atoms with Gasteiger partial charge in [-0.15, -0.1) is 5.10 Å². The van der Waals surface area contributed by atoms with Crippen LogP contribution in [0.5, 0.6) is 0 Å². The lowest BCUT2D eigenvalue weighted by Gasteiger charge is -2.28. The first-order chi connectivity index (χ1) is 18.7. The molecule has 39 heavy (non-hydrogen) atoms. The van der Waals surface area contributed by atoms with Crippen molar-refractivity contribution in [3.8, 4) is 0 Å².